The summed E-state index contributed by atoms with van der Waals surface area (Å²) in [5.74, 6) is -0.281. The van der Waals surface area contributed by atoms with Crippen molar-refractivity contribution in [3.8, 4) is 11.3 Å². The van der Waals surface area contributed by atoms with Gasteiger partial charge in [-0.3, -0.25) is 4.79 Å². The number of hydrogen-bond acceptors (Lipinski definition) is 4. The summed E-state index contributed by atoms with van der Waals surface area (Å²) in [5, 5.41) is 5.49. The Morgan fingerprint density at radius 3 is 3.00 bits per heavy atom. The first-order valence-corrected chi connectivity index (χ1v) is 6.91. The summed E-state index contributed by atoms with van der Waals surface area (Å²) in [4.78, 5) is 11.7. The largest absolute Gasteiger partial charge is 0.465 e. The van der Waals surface area contributed by atoms with Gasteiger partial charge in [0.05, 0.1) is 6.61 Å². The number of fused-ring (bicyclic) bond motifs is 1. The predicted molar refractivity (Wildman–Crippen MR) is 79.1 cm³/mol. The normalized spacial score (nSPS) is 11.0. The molecule has 0 unspecified atom stereocenters. The quantitative estimate of drug-likeness (QED) is 0.692. The number of ether oxygens (including phenoxy) is 1. The van der Waals surface area contributed by atoms with Crippen LogP contribution in [0, 0.1) is 0 Å². The first-order chi connectivity index (χ1) is 10.2. The van der Waals surface area contributed by atoms with E-state index in [2.05, 4.69) is 5.16 Å². The van der Waals surface area contributed by atoms with Crippen LogP contribution in [0.3, 0.4) is 0 Å². The van der Waals surface area contributed by atoms with Gasteiger partial charge >= 0.3 is 5.97 Å². The number of rotatable bonds is 4. The maximum absolute atomic E-state index is 11.7. The Balaban J connectivity index is 2.11. The van der Waals surface area contributed by atoms with Crippen LogP contribution in [0.25, 0.3) is 22.2 Å². The van der Waals surface area contributed by atoms with Gasteiger partial charge in [-0.05, 0) is 25.1 Å². The van der Waals surface area contributed by atoms with Crippen molar-refractivity contribution < 1.29 is 14.1 Å². The van der Waals surface area contributed by atoms with Crippen LogP contribution in [0.15, 0.2) is 41.2 Å². The zero-order valence-corrected chi connectivity index (χ0v) is 12.1. The molecule has 0 N–H and O–H groups in total. The molecule has 2 aromatic heterocycles. The number of aromatic nitrogens is 2. The lowest BCUT2D eigenvalue weighted by Gasteiger charge is -2.04. The third kappa shape index (κ3) is 2.64. The van der Waals surface area contributed by atoms with E-state index in [9.17, 15) is 4.79 Å². The van der Waals surface area contributed by atoms with Crippen LogP contribution in [-0.2, 0) is 16.1 Å². The molecule has 1 aromatic carbocycles. The predicted octanol–water partition coefficient (Wildman–Crippen LogP) is 3.51. The number of carbonyl (C=O) groups excluding carboxylic acids is 1. The van der Waals surface area contributed by atoms with Crippen molar-refractivity contribution in [1.82, 2.24) is 9.72 Å². The van der Waals surface area contributed by atoms with E-state index in [-0.39, 0.29) is 12.5 Å². The number of benzene rings is 1. The molecule has 3 aromatic rings. The second-order valence-corrected chi connectivity index (χ2v) is 4.96. The molecule has 6 heteroatoms. The van der Waals surface area contributed by atoms with E-state index in [1.807, 2.05) is 22.9 Å². The van der Waals surface area contributed by atoms with Crippen LogP contribution >= 0.6 is 11.6 Å². The van der Waals surface area contributed by atoms with E-state index in [1.54, 1.807) is 19.1 Å². The second-order valence-electron chi connectivity index (χ2n) is 4.52. The summed E-state index contributed by atoms with van der Waals surface area (Å²) < 4.78 is 11.7. The summed E-state index contributed by atoms with van der Waals surface area (Å²) in [6.07, 6.45) is 3.37. The average molecular weight is 305 g/mol. The van der Waals surface area contributed by atoms with Crippen molar-refractivity contribution >= 4 is 28.5 Å². The Kier molecular flexibility index (Phi) is 3.66. The fourth-order valence-electron chi connectivity index (χ4n) is 2.30. The second kappa shape index (κ2) is 5.61. The minimum absolute atomic E-state index is 0.143. The topological polar surface area (TPSA) is 57.3 Å². The van der Waals surface area contributed by atoms with E-state index >= 15 is 0 Å². The zero-order chi connectivity index (χ0) is 14.8. The smallest absolute Gasteiger partial charge is 0.325 e. The van der Waals surface area contributed by atoms with Gasteiger partial charge in [0, 0.05) is 33.8 Å². The third-order valence-corrected chi connectivity index (χ3v) is 3.40. The Labute approximate surface area is 126 Å². The van der Waals surface area contributed by atoms with Crippen LogP contribution in [-0.4, -0.2) is 22.3 Å². The molecule has 0 amide bonds. The van der Waals surface area contributed by atoms with Crippen molar-refractivity contribution in [2.24, 2.45) is 0 Å². The molecule has 0 radical (unpaired) electrons. The van der Waals surface area contributed by atoms with Gasteiger partial charge in [0.25, 0.3) is 0 Å². The monoisotopic (exact) mass is 304 g/mol. The van der Waals surface area contributed by atoms with Crippen LogP contribution in [0.5, 0.6) is 0 Å². The molecule has 0 aliphatic rings. The molecule has 0 aliphatic heterocycles. The number of halogens is 1. The zero-order valence-electron chi connectivity index (χ0n) is 11.4. The molecular weight excluding hydrogens is 292 g/mol. The number of esters is 1. The Morgan fingerprint density at radius 1 is 1.43 bits per heavy atom. The fraction of sp³-hybridized carbons (Fsp3) is 0.200. The summed E-state index contributed by atoms with van der Waals surface area (Å²) in [5.41, 5.74) is 2.46. The molecule has 0 bridgehead atoms. The van der Waals surface area contributed by atoms with Crippen molar-refractivity contribution in [3.63, 3.8) is 0 Å². The molecule has 0 spiro atoms. The van der Waals surface area contributed by atoms with Crippen molar-refractivity contribution in [3.05, 3.63) is 41.7 Å². The number of nitrogens with zero attached hydrogens (tertiary/aromatic N) is 2. The van der Waals surface area contributed by atoms with E-state index in [0.29, 0.717) is 17.3 Å². The lowest BCUT2D eigenvalue weighted by molar-refractivity contribution is -0.143. The summed E-state index contributed by atoms with van der Waals surface area (Å²) >= 11 is 6.07. The SMILES string of the molecule is CCOC(=O)Cn1cc(-c2ccon2)c2cc(Cl)ccc21. The molecule has 0 atom stereocenters. The van der Waals surface area contributed by atoms with Gasteiger partial charge in [-0.1, -0.05) is 16.8 Å². The van der Waals surface area contributed by atoms with Crippen LogP contribution in [0.1, 0.15) is 6.92 Å². The molecule has 0 saturated carbocycles. The first kappa shape index (κ1) is 13.7. The van der Waals surface area contributed by atoms with Gasteiger partial charge in [-0.2, -0.15) is 0 Å². The van der Waals surface area contributed by atoms with Gasteiger partial charge in [0.1, 0.15) is 18.5 Å². The lowest BCUT2D eigenvalue weighted by Crippen LogP contribution is -2.12. The van der Waals surface area contributed by atoms with Crippen molar-refractivity contribution in [2.45, 2.75) is 13.5 Å². The minimum atomic E-state index is -0.281. The lowest BCUT2D eigenvalue weighted by atomic mass is 10.1. The van der Waals surface area contributed by atoms with Gasteiger partial charge in [0.2, 0.25) is 0 Å². The molecule has 21 heavy (non-hydrogen) atoms. The Morgan fingerprint density at radius 2 is 2.29 bits per heavy atom. The Hall–Kier alpha value is -2.27. The van der Waals surface area contributed by atoms with Gasteiger partial charge in [-0.25, -0.2) is 0 Å². The molecule has 0 fully saturated rings. The third-order valence-electron chi connectivity index (χ3n) is 3.16. The molecule has 5 nitrogen and oxygen atoms in total. The van der Waals surface area contributed by atoms with Crippen LogP contribution in [0.2, 0.25) is 5.02 Å². The van der Waals surface area contributed by atoms with Crippen LogP contribution < -0.4 is 0 Å². The average Bonchev–Trinajstić information content (AvgIpc) is 3.07. The molecule has 3 rings (SSSR count). The first-order valence-electron chi connectivity index (χ1n) is 6.54. The summed E-state index contributed by atoms with van der Waals surface area (Å²) in [6, 6.07) is 7.28. The highest BCUT2D eigenvalue weighted by Gasteiger charge is 2.15. The summed E-state index contributed by atoms with van der Waals surface area (Å²) in [7, 11) is 0. The summed E-state index contributed by atoms with van der Waals surface area (Å²) in [6.45, 7) is 2.29. The number of carbonyl (C=O) groups is 1. The highest BCUT2D eigenvalue weighted by atomic mass is 35.5. The van der Waals surface area contributed by atoms with E-state index in [4.69, 9.17) is 20.9 Å². The fourth-order valence-corrected chi connectivity index (χ4v) is 2.47. The highest BCUT2D eigenvalue weighted by molar-refractivity contribution is 6.31. The molecule has 0 aliphatic carbocycles. The highest BCUT2D eigenvalue weighted by Crippen LogP contribution is 2.31. The van der Waals surface area contributed by atoms with Crippen LogP contribution in [0.4, 0.5) is 0 Å². The van der Waals surface area contributed by atoms with Crippen molar-refractivity contribution in [1.29, 1.82) is 0 Å². The maximum atomic E-state index is 11.7. The Bertz CT molecular complexity index is 778. The molecule has 2 heterocycles. The number of hydrogen-bond donors (Lipinski definition) is 0. The van der Waals surface area contributed by atoms with Gasteiger partial charge in [0.15, 0.2) is 0 Å². The minimum Gasteiger partial charge on any atom is -0.465 e. The van der Waals surface area contributed by atoms with Gasteiger partial charge < -0.3 is 13.8 Å². The van der Waals surface area contributed by atoms with Gasteiger partial charge in [-0.15, -0.1) is 0 Å². The van der Waals surface area contributed by atoms with E-state index in [0.717, 1.165) is 16.5 Å². The molecule has 108 valence electrons. The van der Waals surface area contributed by atoms with E-state index in [1.165, 1.54) is 6.26 Å². The maximum Gasteiger partial charge on any atom is 0.325 e. The van der Waals surface area contributed by atoms with E-state index < -0.39 is 0 Å². The van der Waals surface area contributed by atoms with Crippen molar-refractivity contribution in [2.75, 3.05) is 6.61 Å². The molecular formula is C15H13ClN2O3. The standard InChI is InChI=1S/C15H13ClN2O3/c1-2-20-15(19)9-18-8-12(13-5-6-21-17-13)11-7-10(16)3-4-14(11)18/h3-8H,2,9H2,1H3. The molecule has 0 saturated heterocycles.